The van der Waals surface area contributed by atoms with Crippen LogP contribution in [0.15, 0.2) is 23.6 Å². The lowest BCUT2D eigenvalue weighted by Crippen LogP contribution is -2.06. The normalized spacial score (nSPS) is 11.2. The Hall–Kier alpha value is -1.59. The van der Waals surface area contributed by atoms with E-state index >= 15 is 0 Å². The first kappa shape index (κ1) is 14.4. The number of hydrogen-bond acceptors (Lipinski definition) is 4. The molecule has 4 nitrogen and oxygen atoms in total. The maximum atomic E-state index is 5.91. The van der Waals surface area contributed by atoms with Crippen LogP contribution in [0.1, 0.15) is 16.5 Å². The van der Waals surface area contributed by atoms with Crippen molar-refractivity contribution in [2.45, 2.75) is 19.9 Å². The molecular weight excluding hydrogens is 306 g/mol. The first-order chi connectivity index (χ1) is 10.2. The van der Waals surface area contributed by atoms with Gasteiger partial charge in [-0.05, 0) is 19.1 Å². The molecule has 3 aromatic rings. The van der Waals surface area contributed by atoms with Crippen LogP contribution >= 0.6 is 22.9 Å². The fourth-order valence-corrected chi connectivity index (χ4v) is 3.15. The molecule has 1 aromatic carbocycles. The number of alkyl halides is 1. The summed E-state index contributed by atoms with van der Waals surface area (Å²) < 4.78 is 7.45. The third-order valence-electron chi connectivity index (χ3n) is 3.34. The van der Waals surface area contributed by atoms with Crippen molar-refractivity contribution in [2.24, 2.45) is 0 Å². The summed E-state index contributed by atoms with van der Waals surface area (Å²) in [6.07, 6.45) is 0.738. The highest BCUT2D eigenvalue weighted by Crippen LogP contribution is 2.23. The van der Waals surface area contributed by atoms with Crippen LogP contribution in [0.3, 0.4) is 0 Å². The second-order valence-electron chi connectivity index (χ2n) is 4.77. The van der Waals surface area contributed by atoms with Crippen molar-refractivity contribution in [3.63, 3.8) is 0 Å². The van der Waals surface area contributed by atoms with Gasteiger partial charge in [0.2, 0.25) is 0 Å². The van der Waals surface area contributed by atoms with Crippen molar-refractivity contribution in [3.8, 4) is 5.75 Å². The number of imidazole rings is 1. The predicted molar refractivity (Wildman–Crippen MR) is 86.7 cm³/mol. The fourth-order valence-electron chi connectivity index (χ4n) is 2.38. The Morgan fingerprint density at radius 1 is 1.33 bits per heavy atom. The number of thiazole rings is 1. The number of aromatic nitrogens is 3. The molecule has 0 saturated carbocycles. The van der Waals surface area contributed by atoms with Crippen molar-refractivity contribution in [3.05, 3.63) is 40.1 Å². The minimum Gasteiger partial charge on any atom is -0.497 e. The van der Waals surface area contributed by atoms with E-state index in [1.54, 1.807) is 18.4 Å². The fraction of sp³-hybridized carbons (Fsp3) is 0.333. The zero-order valence-corrected chi connectivity index (χ0v) is 13.5. The Kier molecular flexibility index (Phi) is 4.12. The van der Waals surface area contributed by atoms with E-state index in [9.17, 15) is 0 Å². The van der Waals surface area contributed by atoms with Crippen molar-refractivity contribution in [2.75, 3.05) is 13.0 Å². The van der Waals surface area contributed by atoms with Gasteiger partial charge in [-0.3, -0.25) is 0 Å². The number of benzene rings is 1. The molecule has 0 bridgehead atoms. The van der Waals surface area contributed by atoms with Crippen LogP contribution < -0.4 is 4.74 Å². The van der Waals surface area contributed by atoms with E-state index in [1.807, 2.05) is 25.1 Å². The minimum absolute atomic E-state index is 0.552. The predicted octanol–water partition coefficient (Wildman–Crippen LogP) is 3.64. The van der Waals surface area contributed by atoms with Crippen LogP contribution in [0, 0.1) is 6.92 Å². The first-order valence-corrected chi connectivity index (χ1v) is 8.13. The van der Waals surface area contributed by atoms with Crippen molar-refractivity contribution in [1.82, 2.24) is 14.5 Å². The lowest BCUT2D eigenvalue weighted by atomic mass is 10.3. The van der Waals surface area contributed by atoms with E-state index < -0.39 is 0 Å². The number of methoxy groups -OCH3 is 1. The smallest absolute Gasteiger partial charge is 0.121 e. The third kappa shape index (κ3) is 2.89. The lowest BCUT2D eigenvalue weighted by molar-refractivity contribution is 0.415. The molecule has 0 radical (unpaired) electrons. The number of ether oxygens (including phenoxy) is 1. The molecular formula is C15H16ClN3OS. The van der Waals surface area contributed by atoms with E-state index in [-0.39, 0.29) is 0 Å². The highest BCUT2D eigenvalue weighted by atomic mass is 35.5. The molecule has 0 saturated heterocycles. The molecule has 110 valence electrons. The van der Waals surface area contributed by atoms with Crippen LogP contribution in [-0.4, -0.2) is 27.5 Å². The molecule has 21 heavy (non-hydrogen) atoms. The van der Waals surface area contributed by atoms with E-state index in [0.29, 0.717) is 5.88 Å². The largest absolute Gasteiger partial charge is 0.497 e. The Morgan fingerprint density at radius 3 is 2.86 bits per heavy atom. The van der Waals surface area contributed by atoms with Crippen LogP contribution in [0.4, 0.5) is 0 Å². The summed E-state index contributed by atoms with van der Waals surface area (Å²) in [7, 11) is 1.66. The molecule has 0 spiro atoms. The molecule has 0 aliphatic heterocycles. The second kappa shape index (κ2) is 6.03. The van der Waals surface area contributed by atoms with Gasteiger partial charge in [0.1, 0.15) is 11.6 Å². The van der Waals surface area contributed by atoms with Crippen LogP contribution in [-0.2, 0) is 13.0 Å². The number of hydrogen-bond donors (Lipinski definition) is 0. The highest BCUT2D eigenvalue weighted by Gasteiger charge is 2.12. The minimum atomic E-state index is 0.552. The molecule has 0 N–H and O–H groups in total. The topological polar surface area (TPSA) is 39.9 Å². The van der Waals surface area contributed by atoms with Gasteiger partial charge in [0.15, 0.2) is 0 Å². The van der Waals surface area contributed by atoms with Gasteiger partial charge in [0.25, 0.3) is 0 Å². The molecule has 0 aliphatic carbocycles. The molecule has 2 heterocycles. The summed E-state index contributed by atoms with van der Waals surface area (Å²) in [4.78, 5) is 9.23. The lowest BCUT2D eigenvalue weighted by Gasteiger charge is -2.07. The molecule has 0 aliphatic rings. The summed E-state index contributed by atoms with van der Waals surface area (Å²) in [5.41, 5.74) is 3.08. The first-order valence-electron chi connectivity index (χ1n) is 6.71. The molecule has 3 rings (SSSR count). The Balaban J connectivity index is 2.06. The number of nitrogens with zero attached hydrogens (tertiary/aromatic N) is 3. The van der Waals surface area contributed by atoms with Gasteiger partial charge in [-0.1, -0.05) is 0 Å². The zero-order chi connectivity index (χ0) is 14.8. The van der Waals surface area contributed by atoms with Crippen LogP contribution in [0.25, 0.3) is 11.0 Å². The molecule has 2 aromatic heterocycles. The number of fused-ring (bicyclic) bond motifs is 1. The average molecular weight is 322 g/mol. The molecule has 0 fully saturated rings. The van der Waals surface area contributed by atoms with Crippen LogP contribution in [0.5, 0.6) is 5.75 Å². The Morgan fingerprint density at radius 2 is 2.19 bits per heavy atom. The van der Waals surface area contributed by atoms with Crippen LogP contribution in [0.2, 0.25) is 0 Å². The van der Waals surface area contributed by atoms with Gasteiger partial charge in [-0.15, -0.1) is 22.9 Å². The highest BCUT2D eigenvalue weighted by molar-refractivity contribution is 7.09. The number of aryl methyl sites for hydroxylation is 2. The summed E-state index contributed by atoms with van der Waals surface area (Å²) in [5.74, 6) is 2.35. The number of rotatable bonds is 5. The third-order valence-corrected chi connectivity index (χ3v) is 4.35. The molecule has 0 amide bonds. The van der Waals surface area contributed by atoms with Gasteiger partial charge in [0, 0.05) is 23.7 Å². The van der Waals surface area contributed by atoms with Crippen molar-refractivity contribution < 1.29 is 4.74 Å². The van der Waals surface area contributed by atoms with Gasteiger partial charge in [-0.2, -0.15) is 0 Å². The van der Waals surface area contributed by atoms with Gasteiger partial charge >= 0.3 is 0 Å². The SMILES string of the molecule is COc1ccc2c(c1)nc(CCCl)n2Cc1csc(C)n1. The van der Waals surface area contributed by atoms with Gasteiger partial charge in [0.05, 0.1) is 35.4 Å². The summed E-state index contributed by atoms with van der Waals surface area (Å²) >= 11 is 7.58. The summed E-state index contributed by atoms with van der Waals surface area (Å²) in [6.45, 7) is 2.74. The maximum absolute atomic E-state index is 5.91. The van der Waals surface area contributed by atoms with E-state index in [1.165, 1.54) is 0 Å². The van der Waals surface area contributed by atoms with Crippen molar-refractivity contribution in [1.29, 1.82) is 0 Å². The molecule has 6 heteroatoms. The summed E-state index contributed by atoms with van der Waals surface area (Å²) in [5, 5.41) is 3.17. The van der Waals surface area contributed by atoms with E-state index in [4.69, 9.17) is 16.3 Å². The zero-order valence-electron chi connectivity index (χ0n) is 12.0. The monoisotopic (exact) mass is 321 g/mol. The Labute approximate surface area is 132 Å². The molecule has 0 unspecified atom stereocenters. The average Bonchev–Trinajstić information content (AvgIpc) is 3.04. The maximum Gasteiger partial charge on any atom is 0.121 e. The van der Waals surface area contributed by atoms with E-state index in [0.717, 1.165) is 46.3 Å². The summed E-state index contributed by atoms with van der Waals surface area (Å²) in [6, 6.07) is 5.95. The second-order valence-corrected chi connectivity index (χ2v) is 6.21. The number of halogens is 1. The van der Waals surface area contributed by atoms with Gasteiger partial charge < -0.3 is 9.30 Å². The van der Waals surface area contributed by atoms with E-state index in [2.05, 4.69) is 19.9 Å². The van der Waals surface area contributed by atoms with Crippen molar-refractivity contribution >= 4 is 34.0 Å². The standard InChI is InChI=1S/C15H16ClN3OS/c1-10-17-11(9-21-10)8-19-14-4-3-12(20-2)7-13(14)18-15(19)5-6-16/h3-4,7,9H,5-6,8H2,1-2H3. The molecule has 0 atom stereocenters. The Bertz CT molecular complexity index is 765. The quantitative estimate of drug-likeness (QED) is 0.674. The van der Waals surface area contributed by atoms with Gasteiger partial charge in [-0.25, -0.2) is 9.97 Å².